The third kappa shape index (κ3) is 8.71. The Morgan fingerprint density at radius 1 is 1.04 bits per heavy atom. The third-order valence-electron chi connectivity index (χ3n) is 8.42. The van der Waals surface area contributed by atoms with Gasteiger partial charge in [-0.1, -0.05) is 24.3 Å². The molecule has 0 aliphatic carbocycles. The van der Waals surface area contributed by atoms with Gasteiger partial charge in [-0.3, -0.25) is 14.3 Å². The van der Waals surface area contributed by atoms with E-state index in [2.05, 4.69) is 21.5 Å². The molecule has 5 N–H and O–H groups in total. The molecule has 3 heterocycles. The number of nitrogens with one attached hydrogen (secondary N) is 2. The zero-order valence-corrected chi connectivity index (χ0v) is 29.2. The van der Waals surface area contributed by atoms with Crippen molar-refractivity contribution in [2.24, 2.45) is 5.73 Å². The number of aromatic amines is 1. The van der Waals surface area contributed by atoms with Gasteiger partial charge >= 0.3 is 12.1 Å². The SMILES string of the molecule is CCS(=O)(=O)N1CCC(c2c[nH]c3c(C(N)=O)cc(-c4ccc(CNC(=O)c5cc(C)nn5C(C)(C)C)cc4)cc23)CC1.O=C(O)C(F)(F)F. The predicted octanol–water partition coefficient (Wildman–Crippen LogP) is 5.29. The first kappa shape index (κ1) is 38.1. The van der Waals surface area contributed by atoms with Crippen LogP contribution in [0.2, 0.25) is 0 Å². The summed E-state index contributed by atoms with van der Waals surface area (Å²) in [5, 5.41) is 15.5. The molecule has 2 amide bonds. The summed E-state index contributed by atoms with van der Waals surface area (Å²) in [6, 6.07) is 13.5. The van der Waals surface area contributed by atoms with Crippen LogP contribution in [0.5, 0.6) is 0 Å². The normalized spacial score (nSPS) is 14.6. The van der Waals surface area contributed by atoms with Crippen LogP contribution in [-0.4, -0.2) is 75.4 Å². The van der Waals surface area contributed by atoms with Crippen LogP contribution in [0.3, 0.4) is 0 Å². The summed E-state index contributed by atoms with van der Waals surface area (Å²) < 4.78 is 59.7. The van der Waals surface area contributed by atoms with E-state index in [0.717, 1.165) is 33.3 Å². The quantitative estimate of drug-likeness (QED) is 0.191. The predicted molar refractivity (Wildman–Crippen MR) is 182 cm³/mol. The van der Waals surface area contributed by atoms with Gasteiger partial charge in [0.15, 0.2) is 0 Å². The molecule has 1 saturated heterocycles. The number of carboxylic acid groups (broad SMARTS) is 1. The second kappa shape index (κ2) is 14.6. The van der Waals surface area contributed by atoms with Gasteiger partial charge < -0.3 is 21.1 Å². The van der Waals surface area contributed by atoms with Gasteiger partial charge in [0.05, 0.1) is 28.1 Å². The minimum Gasteiger partial charge on any atom is -0.475 e. The number of carboxylic acids is 1. The first-order valence-electron chi connectivity index (χ1n) is 15.9. The average molecular weight is 719 g/mol. The van der Waals surface area contributed by atoms with E-state index < -0.39 is 28.1 Å². The van der Waals surface area contributed by atoms with Crippen molar-refractivity contribution in [2.45, 2.75) is 71.6 Å². The molecular weight excluding hydrogens is 677 g/mol. The number of benzene rings is 2. The van der Waals surface area contributed by atoms with Crippen molar-refractivity contribution in [2.75, 3.05) is 18.8 Å². The van der Waals surface area contributed by atoms with E-state index in [0.29, 0.717) is 49.2 Å². The van der Waals surface area contributed by atoms with Gasteiger partial charge in [0.1, 0.15) is 5.69 Å². The number of sulfonamides is 1. The molecule has 12 nitrogen and oxygen atoms in total. The number of piperidine rings is 1. The minimum atomic E-state index is -5.08. The number of alkyl halides is 3. The van der Waals surface area contributed by atoms with Crippen molar-refractivity contribution in [3.8, 4) is 11.1 Å². The van der Waals surface area contributed by atoms with E-state index in [1.165, 1.54) is 0 Å². The summed E-state index contributed by atoms with van der Waals surface area (Å²) in [5.41, 5.74) is 11.7. The fraction of sp³-hybridized carbons (Fsp3) is 0.412. The largest absolute Gasteiger partial charge is 0.490 e. The van der Waals surface area contributed by atoms with Gasteiger partial charge in [0.2, 0.25) is 10.0 Å². The number of nitrogens with zero attached hydrogens (tertiary/aromatic N) is 3. The smallest absolute Gasteiger partial charge is 0.475 e. The monoisotopic (exact) mass is 718 g/mol. The fourth-order valence-corrected chi connectivity index (χ4v) is 6.97. The van der Waals surface area contributed by atoms with Crippen molar-refractivity contribution < 1.29 is 41.1 Å². The van der Waals surface area contributed by atoms with Crippen LogP contribution < -0.4 is 11.1 Å². The number of amides is 2. The van der Waals surface area contributed by atoms with Crippen LogP contribution in [0.25, 0.3) is 22.0 Å². The third-order valence-corrected chi connectivity index (χ3v) is 10.3. The molecule has 0 bridgehead atoms. The molecule has 16 heteroatoms. The lowest BCUT2D eigenvalue weighted by Gasteiger charge is -2.31. The molecule has 0 unspecified atom stereocenters. The summed E-state index contributed by atoms with van der Waals surface area (Å²) >= 11 is 0. The standard InChI is InChI=1S/C32H40N6O4S.C2HF3O2/c1-6-43(41,42)37-13-11-23(12-14-37)27-19-34-29-25(27)16-24(17-26(29)30(33)39)22-9-7-21(8-10-22)18-35-31(40)28-15-20(2)36-38(28)32(3,4)5;3-2(4,5)1(6)7/h7-10,15-17,19,23,34H,6,11-14,18H2,1-5H3,(H2,33,39)(H,35,40);(H,6,7). The van der Waals surface area contributed by atoms with Crippen molar-refractivity contribution >= 4 is 38.7 Å². The van der Waals surface area contributed by atoms with Crippen molar-refractivity contribution in [1.29, 1.82) is 0 Å². The summed E-state index contributed by atoms with van der Waals surface area (Å²) in [5.74, 6) is -3.20. The van der Waals surface area contributed by atoms with Crippen LogP contribution in [-0.2, 0) is 26.9 Å². The molecule has 2 aromatic carbocycles. The van der Waals surface area contributed by atoms with Crippen LogP contribution in [0.4, 0.5) is 13.2 Å². The second-order valence-electron chi connectivity index (χ2n) is 13.1. The topological polar surface area (TPSA) is 180 Å². The van der Waals surface area contributed by atoms with E-state index >= 15 is 0 Å². The van der Waals surface area contributed by atoms with E-state index in [1.54, 1.807) is 28.0 Å². The summed E-state index contributed by atoms with van der Waals surface area (Å²) in [6.07, 6.45) is -1.74. The van der Waals surface area contributed by atoms with Crippen LogP contribution in [0, 0.1) is 6.92 Å². The van der Waals surface area contributed by atoms with Gasteiger partial charge in [0.25, 0.3) is 11.8 Å². The Balaban J connectivity index is 0.000000727. The Kier molecular flexibility index (Phi) is 11.2. The number of nitrogens with two attached hydrogens (primary N) is 1. The lowest BCUT2D eigenvalue weighted by atomic mass is 9.88. The molecule has 270 valence electrons. The van der Waals surface area contributed by atoms with E-state index in [4.69, 9.17) is 15.6 Å². The van der Waals surface area contributed by atoms with Gasteiger partial charge in [-0.2, -0.15) is 18.3 Å². The molecule has 50 heavy (non-hydrogen) atoms. The molecule has 5 rings (SSSR count). The number of H-pyrrole nitrogens is 1. The number of hydrogen-bond donors (Lipinski definition) is 4. The molecule has 1 fully saturated rings. The number of primary amides is 1. The highest BCUT2D eigenvalue weighted by molar-refractivity contribution is 7.89. The Labute approximate surface area is 287 Å². The number of carbonyl (C=O) groups is 3. The molecule has 1 aliphatic rings. The zero-order valence-electron chi connectivity index (χ0n) is 28.4. The molecule has 0 atom stereocenters. The first-order valence-corrected chi connectivity index (χ1v) is 17.5. The molecule has 0 spiro atoms. The molecule has 1 aliphatic heterocycles. The van der Waals surface area contributed by atoms with Crippen molar-refractivity contribution in [3.05, 3.63) is 76.7 Å². The van der Waals surface area contributed by atoms with Gasteiger partial charge in [-0.05, 0) is 93.8 Å². The van der Waals surface area contributed by atoms with Crippen LogP contribution in [0.15, 0.2) is 48.7 Å². The minimum absolute atomic E-state index is 0.101. The van der Waals surface area contributed by atoms with E-state index in [1.807, 2.05) is 58.2 Å². The maximum atomic E-state index is 13.0. The maximum Gasteiger partial charge on any atom is 0.490 e. The summed E-state index contributed by atoms with van der Waals surface area (Å²) in [6.45, 7) is 10.9. The van der Waals surface area contributed by atoms with Crippen molar-refractivity contribution in [3.63, 3.8) is 0 Å². The number of aromatic nitrogens is 3. The fourth-order valence-electron chi connectivity index (χ4n) is 5.84. The number of halogens is 3. The van der Waals surface area contributed by atoms with Gasteiger partial charge in [0, 0.05) is 31.2 Å². The highest BCUT2D eigenvalue weighted by atomic mass is 32.2. The van der Waals surface area contributed by atoms with Gasteiger partial charge in [-0.25, -0.2) is 17.5 Å². The lowest BCUT2D eigenvalue weighted by molar-refractivity contribution is -0.192. The number of aryl methyl sites for hydroxylation is 1. The molecular formula is C34H41F3N6O6S. The van der Waals surface area contributed by atoms with Crippen LogP contribution in [0.1, 0.15) is 84.1 Å². The Morgan fingerprint density at radius 2 is 1.64 bits per heavy atom. The van der Waals surface area contributed by atoms with E-state index in [9.17, 15) is 31.2 Å². The van der Waals surface area contributed by atoms with E-state index in [-0.39, 0.29) is 23.1 Å². The summed E-state index contributed by atoms with van der Waals surface area (Å²) in [7, 11) is -3.21. The maximum absolute atomic E-state index is 13.0. The number of carbonyl (C=O) groups excluding carboxylic acids is 2. The molecule has 4 aromatic rings. The van der Waals surface area contributed by atoms with Crippen molar-refractivity contribution in [1.82, 2.24) is 24.4 Å². The lowest BCUT2D eigenvalue weighted by Crippen LogP contribution is -2.38. The number of aliphatic carboxylic acids is 1. The Bertz CT molecular complexity index is 1990. The molecule has 0 saturated carbocycles. The highest BCUT2D eigenvalue weighted by Gasteiger charge is 2.38. The van der Waals surface area contributed by atoms with Gasteiger partial charge in [-0.15, -0.1) is 0 Å². The zero-order chi connectivity index (χ0) is 37.2. The molecule has 0 radical (unpaired) electrons. The first-order chi connectivity index (χ1) is 23.2. The summed E-state index contributed by atoms with van der Waals surface area (Å²) in [4.78, 5) is 37.6. The highest BCUT2D eigenvalue weighted by Crippen LogP contribution is 2.37. The molecule has 2 aromatic heterocycles. The average Bonchev–Trinajstić information content (AvgIpc) is 3.67. The Hall–Kier alpha value is -4.70. The number of hydrogen-bond acceptors (Lipinski definition) is 6. The number of fused-ring (bicyclic) bond motifs is 1. The second-order valence-corrected chi connectivity index (χ2v) is 15.3. The number of rotatable bonds is 8. The Morgan fingerprint density at radius 3 is 2.16 bits per heavy atom. The van der Waals surface area contributed by atoms with Crippen LogP contribution >= 0.6 is 0 Å².